The quantitative estimate of drug-likeness (QED) is 0.886. The van der Waals surface area contributed by atoms with E-state index in [4.69, 9.17) is 4.74 Å². The fraction of sp³-hybridized carbons (Fsp3) is 0.250. The van der Waals surface area contributed by atoms with Gasteiger partial charge in [0.2, 0.25) is 0 Å². The highest BCUT2D eigenvalue weighted by Gasteiger charge is 2.13. The second-order valence-corrected chi connectivity index (χ2v) is 4.76. The molecule has 5 heteroatoms. The van der Waals surface area contributed by atoms with Gasteiger partial charge >= 0.3 is 0 Å². The number of hydrogen-bond acceptors (Lipinski definition) is 3. The minimum absolute atomic E-state index is 0.0160. The molecule has 1 unspecified atom stereocenters. The van der Waals surface area contributed by atoms with Crippen LogP contribution >= 0.6 is 0 Å². The van der Waals surface area contributed by atoms with E-state index in [1.807, 2.05) is 6.92 Å². The summed E-state index contributed by atoms with van der Waals surface area (Å²) < 4.78 is 31.7. The van der Waals surface area contributed by atoms with Gasteiger partial charge in [-0.2, -0.15) is 0 Å². The number of ether oxygens (including phenoxy) is 1. The lowest BCUT2D eigenvalue weighted by molar-refractivity contribution is 0.399. The van der Waals surface area contributed by atoms with Crippen LogP contribution in [0.3, 0.4) is 0 Å². The van der Waals surface area contributed by atoms with Gasteiger partial charge < -0.3 is 15.2 Å². The number of phenolic OH excluding ortho intramolecular Hbond substituents is 1. The highest BCUT2D eigenvalue weighted by Crippen LogP contribution is 2.26. The first kappa shape index (κ1) is 15.3. The maximum absolute atomic E-state index is 13.4. The van der Waals surface area contributed by atoms with E-state index >= 15 is 0 Å². The molecular formula is C16H17F2NO2. The Morgan fingerprint density at radius 1 is 1.14 bits per heavy atom. The topological polar surface area (TPSA) is 41.5 Å². The lowest BCUT2D eigenvalue weighted by atomic mass is 10.1. The monoisotopic (exact) mass is 293 g/mol. The third kappa shape index (κ3) is 3.70. The number of benzene rings is 2. The van der Waals surface area contributed by atoms with Crippen LogP contribution in [0.15, 0.2) is 36.4 Å². The number of rotatable bonds is 5. The van der Waals surface area contributed by atoms with Crippen LogP contribution in [0.4, 0.5) is 8.78 Å². The molecule has 21 heavy (non-hydrogen) atoms. The highest BCUT2D eigenvalue weighted by molar-refractivity contribution is 5.37. The number of phenols is 1. The molecule has 0 heterocycles. The number of halogens is 2. The van der Waals surface area contributed by atoms with Gasteiger partial charge in [-0.05, 0) is 43.3 Å². The predicted molar refractivity (Wildman–Crippen MR) is 76.3 cm³/mol. The molecule has 0 fully saturated rings. The summed E-state index contributed by atoms with van der Waals surface area (Å²) in [7, 11) is 1.52. The van der Waals surface area contributed by atoms with Crippen molar-refractivity contribution in [1.82, 2.24) is 5.32 Å². The highest BCUT2D eigenvalue weighted by atomic mass is 19.1. The van der Waals surface area contributed by atoms with Crippen molar-refractivity contribution in [3.63, 3.8) is 0 Å². The maximum Gasteiger partial charge on any atom is 0.123 e. The van der Waals surface area contributed by atoms with Gasteiger partial charge in [0.25, 0.3) is 0 Å². The van der Waals surface area contributed by atoms with Crippen LogP contribution in [0.2, 0.25) is 0 Å². The van der Waals surface area contributed by atoms with Crippen LogP contribution in [0.1, 0.15) is 24.1 Å². The average Bonchev–Trinajstić information content (AvgIpc) is 2.47. The average molecular weight is 293 g/mol. The largest absolute Gasteiger partial charge is 0.508 e. The molecule has 3 nitrogen and oxygen atoms in total. The summed E-state index contributed by atoms with van der Waals surface area (Å²) in [5.41, 5.74) is 1.10. The van der Waals surface area contributed by atoms with Gasteiger partial charge in [-0.3, -0.25) is 0 Å². The number of nitrogens with one attached hydrogen (secondary N) is 1. The second kappa shape index (κ2) is 6.54. The predicted octanol–water partition coefficient (Wildman–Crippen LogP) is 3.53. The van der Waals surface area contributed by atoms with Gasteiger partial charge in [-0.25, -0.2) is 8.78 Å². The summed E-state index contributed by atoms with van der Waals surface area (Å²) in [6.07, 6.45) is 0. The molecular weight excluding hydrogens is 276 g/mol. The number of methoxy groups -OCH3 is 1. The van der Waals surface area contributed by atoms with E-state index in [-0.39, 0.29) is 24.2 Å². The summed E-state index contributed by atoms with van der Waals surface area (Å²) in [6, 6.07) is 7.81. The minimum Gasteiger partial charge on any atom is -0.508 e. The van der Waals surface area contributed by atoms with Gasteiger partial charge in [-0.1, -0.05) is 0 Å². The lowest BCUT2D eigenvalue weighted by Crippen LogP contribution is -2.19. The molecule has 0 saturated carbocycles. The molecule has 2 aromatic carbocycles. The SMILES string of the molecule is COc1ccc(F)cc1C(C)NCc1cc(F)ccc1O. The molecule has 0 aliphatic rings. The third-order valence-corrected chi connectivity index (χ3v) is 3.30. The molecule has 2 N–H and O–H groups in total. The lowest BCUT2D eigenvalue weighted by Gasteiger charge is -2.18. The van der Waals surface area contributed by atoms with Crippen LogP contribution in [0.5, 0.6) is 11.5 Å². The maximum atomic E-state index is 13.4. The van der Waals surface area contributed by atoms with Crippen LogP contribution in [0.25, 0.3) is 0 Å². The Labute approximate surface area is 122 Å². The molecule has 0 aliphatic carbocycles. The van der Waals surface area contributed by atoms with E-state index in [0.29, 0.717) is 16.9 Å². The molecule has 0 radical (unpaired) electrons. The molecule has 0 saturated heterocycles. The zero-order valence-corrected chi connectivity index (χ0v) is 11.9. The zero-order chi connectivity index (χ0) is 15.4. The molecule has 2 aromatic rings. The van der Waals surface area contributed by atoms with Crippen molar-refractivity contribution < 1.29 is 18.6 Å². The van der Waals surface area contributed by atoms with Crippen molar-refractivity contribution >= 4 is 0 Å². The third-order valence-electron chi connectivity index (χ3n) is 3.30. The van der Waals surface area contributed by atoms with Crippen LogP contribution in [-0.4, -0.2) is 12.2 Å². The summed E-state index contributed by atoms with van der Waals surface area (Å²) in [6.45, 7) is 2.10. The van der Waals surface area contributed by atoms with Crippen molar-refractivity contribution in [2.45, 2.75) is 19.5 Å². The molecule has 2 rings (SSSR count). The van der Waals surface area contributed by atoms with Gasteiger partial charge in [0, 0.05) is 23.7 Å². The molecule has 0 amide bonds. The van der Waals surface area contributed by atoms with E-state index in [1.54, 1.807) is 6.07 Å². The molecule has 112 valence electrons. The Balaban J connectivity index is 2.13. The van der Waals surface area contributed by atoms with E-state index in [1.165, 1.54) is 37.4 Å². The normalized spacial score (nSPS) is 12.2. The Morgan fingerprint density at radius 3 is 2.52 bits per heavy atom. The number of hydrogen-bond donors (Lipinski definition) is 2. The van der Waals surface area contributed by atoms with Gasteiger partial charge in [0.1, 0.15) is 23.1 Å². The summed E-state index contributed by atoms with van der Waals surface area (Å²) in [5, 5.41) is 12.8. The first-order valence-electron chi connectivity index (χ1n) is 6.55. The Morgan fingerprint density at radius 2 is 1.81 bits per heavy atom. The van der Waals surface area contributed by atoms with Crippen molar-refractivity contribution in [2.24, 2.45) is 0 Å². The Bertz CT molecular complexity index is 632. The van der Waals surface area contributed by atoms with Crippen molar-refractivity contribution in [3.8, 4) is 11.5 Å². The van der Waals surface area contributed by atoms with Gasteiger partial charge in [0.05, 0.1) is 7.11 Å². The van der Waals surface area contributed by atoms with E-state index < -0.39 is 5.82 Å². The standard InChI is InChI=1S/C16H17F2NO2/c1-10(14-8-13(18)4-6-16(14)21-2)19-9-11-7-12(17)3-5-15(11)20/h3-8,10,19-20H,9H2,1-2H3. The molecule has 0 spiro atoms. The second-order valence-electron chi connectivity index (χ2n) is 4.76. The van der Waals surface area contributed by atoms with Crippen LogP contribution in [-0.2, 0) is 6.54 Å². The fourth-order valence-corrected chi connectivity index (χ4v) is 2.11. The van der Waals surface area contributed by atoms with Gasteiger partial charge in [-0.15, -0.1) is 0 Å². The summed E-state index contributed by atoms with van der Waals surface area (Å²) >= 11 is 0. The molecule has 0 bridgehead atoms. The minimum atomic E-state index is -0.416. The first-order chi connectivity index (χ1) is 10.0. The van der Waals surface area contributed by atoms with E-state index in [2.05, 4.69) is 5.32 Å². The van der Waals surface area contributed by atoms with Crippen molar-refractivity contribution in [2.75, 3.05) is 7.11 Å². The van der Waals surface area contributed by atoms with Crippen LogP contribution < -0.4 is 10.1 Å². The van der Waals surface area contributed by atoms with Crippen molar-refractivity contribution in [3.05, 3.63) is 59.2 Å². The molecule has 1 atom stereocenters. The molecule has 0 aliphatic heterocycles. The smallest absolute Gasteiger partial charge is 0.123 e. The van der Waals surface area contributed by atoms with Gasteiger partial charge in [0.15, 0.2) is 0 Å². The van der Waals surface area contributed by atoms with E-state index in [0.717, 1.165) is 0 Å². The molecule has 0 aromatic heterocycles. The Hall–Kier alpha value is -2.14. The first-order valence-corrected chi connectivity index (χ1v) is 6.55. The summed E-state index contributed by atoms with van der Waals surface area (Å²) in [5.74, 6) is -0.184. The Kier molecular flexibility index (Phi) is 4.75. The fourth-order valence-electron chi connectivity index (χ4n) is 2.11. The zero-order valence-electron chi connectivity index (χ0n) is 11.9. The van der Waals surface area contributed by atoms with Crippen LogP contribution in [0, 0.1) is 11.6 Å². The van der Waals surface area contributed by atoms with Crippen molar-refractivity contribution in [1.29, 1.82) is 0 Å². The summed E-state index contributed by atoms with van der Waals surface area (Å²) in [4.78, 5) is 0. The van der Waals surface area contributed by atoms with E-state index in [9.17, 15) is 13.9 Å². The number of aromatic hydroxyl groups is 1.